The molecule has 0 aromatic heterocycles. The number of sulfonamides is 1. The molecule has 0 aliphatic carbocycles. The van der Waals surface area contributed by atoms with Crippen LogP contribution in [0.25, 0.3) is 0 Å². The maximum atomic E-state index is 12.9. The SMILES string of the molecule is COc1ccc(S(=O)(=O)Nc2ccc(Cl)c(C(=O)N(C)Cc3ccccc3)c2)cc1. The van der Waals surface area contributed by atoms with Gasteiger partial charge in [0, 0.05) is 19.3 Å². The Labute approximate surface area is 181 Å². The smallest absolute Gasteiger partial charge is 0.261 e. The molecular weight excluding hydrogens is 424 g/mol. The molecule has 0 saturated carbocycles. The quantitative estimate of drug-likeness (QED) is 0.585. The van der Waals surface area contributed by atoms with Gasteiger partial charge in [0.1, 0.15) is 5.75 Å². The number of methoxy groups -OCH3 is 1. The van der Waals surface area contributed by atoms with Crippen molar-refractivity contribution in [1.82, 2.24) is 4.90 Å². The Kier molecular flexibility index (Phi) is 6.64. The first-order chi connectivity index (χ1) is 14.3. The summed E-state index contributed by atoms with van der Waals surface area (Å²) in [6.07, 6.45) is 0. The second-order valence-electron chi connectivity index (χ2n) is 6.62. The van der Waals surface area contributed by atoms with E-state index in [-0.39, 0.29) is 27.1 Å². The van der Waals surface area contributed by atoms with Crippen molar-refractivity contribution in [3.63, 3.8) is 0 Å². The predicted molar refractivity (Wildman–Crippen MR) is 117 cm³/mol. The summed E-state index contributed by atoms with van der Waals surface area (Å²) in [5, 5.41) is 0.243. The highest BCUT2D eigenvalue weighted by Gasteiger charge is 2.19. The number of anilines is 1. The Balaban J connectivity index is 1.81. The molecule has 3 aromatic carbocycles. The molecule has 0 radical (unpaired) electrons. The summed E-state index contributed by atoms with van der Waals surface area (Å²) in [5.74, 6) is 0.240. The summed E-state index contributed by atoms with van der Waals surface area (Å²) in [5.41, 5.74) is 1.43. The molecular formula is C22H21ClN2O4S. The maximum absolute atomic E-state index is 12.9. The minimum Gasteiger partial charge on any atom is -0.497 e. The van der Waals surface area contributed by atoms with Gasteiger partial charge in [0.15, 0.2) is 0 Å². The summed E-state index contributed by atoms with van der Waals surface area (Å²) in [4.78, 5) is 14.5. The van der Waals surface area contributed by atoms with Crippen LogP contribution in [0.1, 0.15) is 15.9 Å². The van der Waals surface area contributed by atoms with Crippen LogP contribution in [0, 0.1) is 0 Å². The van der Waals surface area contributed by atoms with Gasteiger partial charge in [0.05, 0.1) is 22.6 Å². The highest BCUT2D eigenvalue weighted by atomic mass is 35.5. The number of nitrogens with zero attached hydrogens (tertiary/aromatic N) is 1. The van der Waals surface area contributed by atoms with E-state index in [1.54, 1.807) is 19.2 Å². The number of hydrogen-bond acceptors (Lipinski definition) is 4. The van der Waals surface area contributed by atoms with E-state index in [2.05, 4.69) is 4.72 Å². The average molecular weight is 445 g/mol. The number of nitrogens with one attached hydrogen (secondary N) is 1. The molecule has 0 fully saturated rings. The Morgan fingerprint density at radius 3 is 2.33 bits per heavy atom. The molecule has 1 N–H and O–H groups in total. The molecule has 156 valence electrons. The zero-order valence-corrected chi connectivity index (χ0v) is 18.1. The van der Waals surface area contributed by atoms with Gasteiger partial charge in [0.2, 0.25) is 0 Å². The van der Waals surface area contributed by atoms with Gasteiger partial charge < -0.3 is 9.64 Å². The van der Waals surface area contributed by atoms with Crippen LogP contribution in [0.2, 0.25) is 5.02 Å². The van der Waals surface area contributed by atoms with E-state index < -0.39 is 10.0 Å². The zero-order valence-electron chi connectivity index (χ0n) is 16.5. The van der Waals surface area contributed by atoms with Gasteiger partial charge in [0.25, 0.3) is 15.9 Å². The first-order valence-corrected chi connectivity index (χ1v) is 10.9. The van der Waals surface area contributed by atoms with Gasteiger partial charge in [-0.3, -0.25) is 9.52 Å². The van der Waals surface area contributed by atoms with Crippen molar-refractivity contribution < 1.29 is 17.9 Å². The summed E-state index contributed by atoms with van der Waals surface area (Å²) in [6.45, 7) is 0.401. The number of amides is 1. The molecule has 0 heterocycles. The lowest BCUT2D eigenvalue weighted by molar-refractivity contribution is 0.0785. The molecule has 0 bridgehead atoms. The molecule has 3 aromatic rings. The third-order valence-corrected chi connectivity index (χ3v) is 6.15. The van der Waals surface area contributed by atoms with Gasteiger partial charge in [-0.1, -0.05) is 41.9 Å². The van der Waals surface area contributed by atoms with Gasteiger partial charge in [-0.2, -0.15) is 0 Å². The van der Waals surface area contributed by atoms with Gasteiger partial charge in [-0.05, 0) is 48.0 Å². The molecule has 8 heteroatoms. The molecule has 0 atom stereocenters. The third kappa shape index (κ3) is 5.11. The number of benzene rings is 3. The first kappa shape index (κ1) is 21.7. The number of rotatable bonds is 7. The van der Waals surface area contributed by atoms with Gasteiger partial charge >= 0.3 is 0 Å². The second-order valence-corrected chi connectivity index (χ2v) is 8.71. The number of halogens is 1. The largest absolute Gasteiger partial charge is 0.497 e. The highest BCUT2D eigenvalue weighted by molar-refractivity contribution is 7.92. The topological polar surface area (TPSA) is 75.7 Å². The van der Waals surface area contributed by atoms with E-state index in [0.717, 1.165) is 5.56 Å². The standard InChI is InChI=1S/C22H21ClN2O4S/c1-25(15-16-6-4-3-5-7-16)22(26)20-14-17(8-13-21(20)23)24-30(27,28)19-11-9-18(29-2)10-12-19/h3-14,24H,15H2,1-2H3. The van der Waals surface area contributed by atoms with Crippen molar-refractivity contribution in [3.8, 4) is 5.75 Å². The minimum absolute atomic E-state index is 0.0762. The number of carbonyl (C=O) groups is 1. The molecule has 0 aliphatic rings. The van der Waals surface area contributed by atoms with E-state index in [4.69, 9.17) is 16.3 Å². The Hall–Kier alpha value is -3.03. The van der Waals surface area contributed by atoms with Crippen molar-refractivity contribution in [2.75, 3.05) is 18.9 Å². The maximum Gasteiger partial charge on any atom is 0.261 e. The van der Waals surface area contributed by atoms with Crippen LogP contribution < -0.4 is 9.46 Å². The van der Waals surface area contributed by atoms with Crippen LogP contribution in [0.4, 0.5) is 5.69 Å². The second kappa shape index (κ2) is 9.19. The van der Waals surface area contributed by atoms with Crippen LogP contribution in [0.3, 0.4) is 0 Å². The van der Waals surface area contributed by atoms with Crippen molar-refractivity contribution >= 4 is 33.2 Å². The monoisotopic (exact) mass is 444 g/mol. The van der Waals surface area contributed by atoms with Crippen LogP contribution in [-0.2, 0) is 16.6 Å². The lowest BCUT2D eigenvalue weighted by atomic mass is 10.1. The molecule has 0 saturated heterocycles. The molecule has 1 amide bonds. The van der Waals surface area contributed by atoms with E-state index in [1.165, 1.54) is 42.3 Å². The molecule has 0 spiro atoms. The normalized spacial score (nSPS) is 11.0. The van der Waals surface area contributed by atoms with E-state index in [1.807, 2.05) is 30.3 Å². The van der Waals surface area contributed by atoms with E-state index in [0.29, 0.717) is 12.3 Å². The van der Waals surface area contributed by atoms with Crippen LogP contribution in [0.15, 0.2) is 77.7 Å². The molecule has 6 nitrogen and oxygen atoms in total. The lowest BCUT2D eigenvalue weighted by Gasteiger charge is -2.19. The third-order valence-electron chi connectivity index (χ3n) is 4.43. The molecule has 0 unspecified atom stereocenters. The van der Waals surface area contributed by atoms with Crippen molar-refractivity contribution in [2.45, 2.75) is 11.4 Å². The fraction of sp³-hybridized carbons (Fsp3) is 0.136. The zero-order chi connectivity index (χ0) is 21.7. The Bertz CT molecular complexity index is 1130. The van der Waals surface area contributed by atoms with E-state index in [9.17, 15) is 13.2 Å². The average Bonchev–Trinajstić information content (AvgIpc) is 2.75. The Morgan fingerprint density at radius 2 is 1.70 bits per heavy atom. The van der Waals surface area contributed by atoms with E-state index >= 15 is 0 Å². The van der Waals surface area contributed by atoms with Crippen molar-refractivity contribution in [1.29, 1.82) is 0 Å². The van der Waals surface area contributed by atoms with Crippen LogP contribution >= 0.6 is 11.6 Å². The number of carbonyl (C=O) groups excluding carboxylic acids is 1. The van der Waals surface area contributed by atoms with Crippen molar-refractivity contribution in [3.05, 3.63) is 88.9 Å². The Morgan fingerprint density at radius 1 is 1.03 bits per heavy atom. The van der Waals surface area contributed by atoms with Crippen LogP contribution in [-0.4, -0.2) is 33.4 Å². The molecule has 30 heavy (non-hydrogen) atoms. The van der Waals surface area contributed by atoms with Crippen LogP contribution in [0.5, 0.6) is 5.75 Å². The highest BCUT2D eigenvalue weighted by Crippen LogP contribution is 2.25. The minimum atomic E-state index is -3.84. The predicted octanol–water partition coefficient (Wildman–Crippen LogP) is 4.42. The number of hydrogen-bond donors (Lipinski definition) is 1. The lowest BCUT2D eigenvalue weighted by Crippen LogP contribution is -2.26. The number of ether oxygens (including phenoxy) is 1. The van der Waals surface area contributed by atoms with Crippen molar-refractivity contribution in [2.24, 2.45) is 0 Å². The summed E-state index contributed by atoms with van der Waals surface area (Å²) in [7, 11) is -0.667. The summed E-state index contributed by atoms with van der Waals surface area (Å²) in [6, 6.07) is 20.0. The summed E-state index contributed by atoms with van der Waals surface area (Å²) < 4.78 is 32.9. The molecule has 3 rings (SSSR count). The van der Waals surface area contributed by atoms with Gasteiger partial charge in [-0.15, -0.1) is 0 Å². The summed E-state index contributed by atoms with van der Waals surface area (Å²) >= 11 is 6.22. The fourth-order valence-electron chi connectivity index (χ4n) is 2.86. The fourth-order valence-corrected chi connectivity index (χ4v) is 4.10. The molecule has 0 aliphatic heterocycles. The first-order valence-electron chi connectivity index (χ1n) is 9.06. The van der Waals surface area contributed by atoms with Gasteiger partial charge in [-0.25, -0.2) is 8.42 Å².